The first-order chi connectivity index (χ1) is 17.7. The van der Waals surface area contributed by atoms with E-state index in [0.29, 0.717) is 23.5 Å². The molecule has 0 aliphatic rings. The molecule has 2 amide bonds. The van der Waals surface area contributed by atoms with Gasteiger partial charge >= 0.3 is 18.4 Å². The number of nitrogens with one attached hydrogen (secondary N) is 1. The van der Waals surface area contributed by atoms with Gasteiger partial charge in [-0.2, -0.15) is 13.2 Å². The van der Waals surface area contributed by atoms with Crippen LogP contribution in [-0.2, 0) is 15.7 Å². The summed E-state index contributed by atoms with van der Waals surface area (Å²) >= 11 is 1.06. The van der Waals surface area contributed by atoms with Gasteiger partial charge < -0.3 is 14.4 Å². The van der Waals surface area contributed by atoms with Crippen molar-refractivity contribution in [3.8, 4) is 11.3 Å². The molecular weight excluding hydrogens is 521 g/mol. The Hall–Kier alpha value is -3.64. The fourth-order valence-corrected chi connectivity index (χ4v) is 4.00. The van der Waals surface area contributed by atoms with E-state index in [-0.39, 0.29) is 17.4 Å². The second-order valence-corrected chi connectivity index (χ2v) is 10.4. The molecule has 3 rings (SSSR count). The SMILES string of the molecule is CN(C)CCOC(=O)Nc1cccc(-c2csc(N(C(=O)OC(C)(C)C)c3cccc(C(F)(F)F)c3)n2)c1. The van der Waals surface area contributed by atoms with Crippen molar-refractivity contribution in [1.82, 2.24) is 9.88 Å². The largest absolute Gasteiger partial charge is 0.448 e. The number of carbonyl (C=O) groups excluding carboxylic acids is 2. The van der Waals surface area contributed by atoms with Crippen LogP contribution in [0.3, 0.4) is 0 Å². The number of benzene rings is 2. The van der Waals surface area contributed by atoms with Gasteiger partial charge in [-0.1, -0.05) is 18.2 Å². The summed E-state index contributed by atoms with van der Waals surface area (Å²) in [7, 11) is 3.73. The highest BCUT2D eigenvalue weighted by atomic mass is 32.1. The molecule has 0 fully saturated rings. The summed E-state index contributed by atoms with van der Waals surface area (Å²) in [6.07, 6.45) is -6.07. The molecule has 38 heavy (non-hydrogen) atoms. The van der Waals surface area contributed by atoms with Crippen molar-refractivity contribution in [3.05, 3.63) is 59.5 Å². The molecule has 1 heterocycles. The maximum Gasteiger partial charge on any atom is 0.421 e. The first kappa shape index (κ1) is 28.9. The number of hydrogen-bond acceptors (Lipinski definition) is 7. The molecule has 0 radical (unpaired) electrons. The molecule has 0 unspecified atom stereocenters. The third kappa shape index (κ3) is 8.18. The van der Waals surface area contributed by atoms with Crippen LogP contribution in [0.5, 0.6) is 0 Å². The van der Waals surface area contributed by atoms with Crippen LogP contribution >= 0.6 is 11.3 Å². The van der Waals surface area contributed by atoms with E-state index in [1.165, 1.54) is 12.1 Å². The van der Waals surface area contributed by atoms with Crippen molar-refractivity contribution < 1.29 is 32.2 Å². The van der Waals surface area contributed by atoms with E-state index in [4.69, 9.17) is 9.47 Å². The van der Waals surface area contributed by atoms with Crippen LogP contribution in [0, 0.1) is 0 Å². The number of amides is 2. The average Bonchev–Trinajstić information content (AvgIpc) is 3.27. The smallest absolute Gasteiger partial charge is 0.421 e. The lowest BCUT2D eigenvalue weighted by atomic mass is 10.1. The van der Waals surface area contributed by atoms with Crippen molar-refractivity contribution in [2.45, 2.75) is 32.5 Å². The number of likely N-dealkylation sites (N-methyl/N-ethyl adjacent to an activating group) is 1. The lowest BCUT2D eigenvalue weighted by Crippen LogP contribution is -2.34. The Kier molecular flexibility index (Phi) is 9.00. The molecule has 1 N–H and O–H groups in total. The van der Waals surface area contributed by atoms with Crippen molar-refractivity contribution in [1.29, 1.82) is 0 Å². The highest BCUT2D eigenvalue weighted by Gasteiger charge is 2.33. The maximum absolute atomic E-state index is 13.4. The Bertz CT molecular complexity index is 1270. The van der Waals surface area contributed by atoms with Gasteiger partial charge in [0.25, 0.3) is 0 Å². The second-order valence-electron chi connectivity index (χ2n) is 9.52. The van der Waals surface area contributed by atoms with Gasteiger partial charge in [0.05, 0.1) is 16.9 Å². The Labute approximate surface area is 223 Å². The Morgan fingerprint density at radius 2 is 1.76 bits per heavy atom. The van der Waals surface area contributed by atoms with Crippen LogP contribution in [0.1, 0.15) is 26.3 Å². The van der Waals surface area contributed by atoms with Crippen LogP contribution < -0.4 is 10.2 Å². The highest BCUT2D eigenvalue weighted by molar-refractivity contribution is 7.14. The van der Waals surface area contributed by atoms with Crippen LogP contribution in [0.2, 0.25) is 0 Å². The average molecular weight is 551 g/mol. The molecular formula is C26H29F3N4O4S. The van der Waals surface area contributed by atoms with Gasteiger partial charge in [0.1, 0.15) is 12.2 Å². The fraction of sp³-hybridized carbons (Fsp3) is 0.346. The number of nitrogens with zero attached hydrogens (tertiary/aromatic N) is 3. The van der Waals surface area contributed by atoms with Gasteiger partial charge in [-0.25, -0.2) is 19.5 Å². The summed E-state index contributed by atoms with van der Waals surface area (Å²) in [5.41, 5.74) is -0.295. The number of anilines is 3. The molecule has 1 aromatic heterocycles. The monoisotopic (exact) mass is 550 g/mol. The quantitative estimate of drug-likeness (QED) is 0.341. The summed E-state index contributed by atoms with van der Waals surface area (Å²) in [6.45, 7) is 5.78. The van der Waals surface area contributed by atoms with E-state index in [0.717, 1.165) is 28.4 Å². The Morgan fingerprint density at radius 3 is 2.42 bits per heavy atom. The molecule has 8 nitrogen and oxygen atoms in total. The van der Waals surface area contributed by atoms with Crippen LogP contribution in [0.15, 0.2) is 53.9 Å². The van der Waals surface area contributed by atoms with Gasteiger partial charge in [-0.15, -0.1) is 11.3 Å². The van der Waals surface area contributed by atoms with Gasteiger partial charge in [0.15, 0.2) is 5.13 Å². The van der Waals surface area contributed by atoms with Gasteiger partial charge in [-0.05, 0) is 65.2 Å². The molecule has 3 aromatic rings. The standard InChI is InChI=1S/C26H29F3N4O4S/c1-25(2,3)37-24(35)33(20-11-7-9-18(15-20)26(27,28)29)22-31-21(16-38-22)17-8-6-10-19(14-17)30-23(34)36-13-12-32(4)5/h6-11,14-16H,12-13H2,1-5H3,(H,30,34). The van der Waals surface area contributed by atoms with Crippen molar-refractivity contribution >= 4 is 40.0 Å². The normalized spacial score (nSPS) is 11.8. The van der Waals surface area contributed by atoms with Gasteiger partial charge in [0.2, 0.25) is 0 Å². The van der Waals surface area contributed by atoms with Gasteiger partial charge in [0, 0.05) is 23.2 Å². The minimum atomic E-state index is -4.59. The number of aromatic nitrogens is 1. The van der Waals surface area contributed by atoms with Crippen molar-refractivity contribution in [2.24, 2.45) is 0 Å². The number of rotatable bonds is 7. The third-order valence-corrected chi connectivity index (χ3v) is 5.69. The predicted octanol–water partition coefficient (Wildman–Crippen LogP) is 7.01. The minimum Gasteiger partial charge on any atom is -0.448 e. The van der Waals surface area contributed by atoms with E-state index in [2.05, 4.69) is 10.3 Å². The number of thiazole rings is 1. The highest BCUT2D eigenvalue weighted by Crippen LogP contribution is 2.37. The molecule has 204 valence electrons. The van der Waals surface area contributed by atoms with Crippen LogP contribution in [0.4, 0.5) is 39.3 Å². The molecule has 0 atom stereocenters. The van der Waals surface area contributed by atoms with Crippen LogP contribution in [-0.4, -0.2) is 54.9 Å². The fourth-order valence-electron chi connectivity index (χ4n) is 3.15. The number of ether oxygens (including phenoxy) is 2. The predicted molar refractivity (Wildman–Crippen MR) is 141 cm³/mol. The van der Waals surface area contributed by atoms with Gasteiger partial charge in [-0.3, -0.25) is 5.32 Å². The molecule has 0 aliphatic heterocycles. The van der Waals surface area contributed by atoms with Crippen molar-refractivity contribution in [3.63, 3.8) is 0 Å². The topological polar surface area (TPSA) is 84.0 Å². The molecule has 0 spiro atoms. The van der Waals surface area contributed by atoms with E-state index < -0.39 is 29.5 Å². The van der Waals surface area contributed by atoms with E-state index in [9.17, 15) is 22.8 Å². The lowest BCUT2D eigenvalue weighted by Gasteiger charge is -2.26. The molecule has 0 aliphatic carbocycles. The van der Waals surface area contributed by atoms with Crippen molar-refractivity contribution in [2.75, 3.05) is 37.5 Å². The first-order valence-corrected chi connectivity index (χ1v) is 12.5. The molecule has 12 heteroatoms. The van der Waals surface area contributed by atoms with E-state index >= 15 is 0 Å². The van der Waals surface area contributed by atoms with Crippen LogP contribution in [0.25, 0.3) is 11.3 Å². The summed E-state index contributed by atoms with van der Waals surface area (Å²) in [4.78, 5) is 32.6. The Morgan fingerprint density at radius 1 is 1.05 bits per heavy atom. The molecule has 0 bridgehead atoms. The molecule has 2 aromatic carbocycles. The first-order valence-electron chi connectivity index (χ1n) is 11.6. The zero-order chi connectivity index (χ0) is 28.1. The lowest BCUT2D eigenvalue weighted by molar-refractivity contribution is -0.137. The summed E-state index contributed by atoms with van der Waals surface area (Å²) in [6, 6.07) is 11.2. The van der Waals surface area contributed by atoms with E-state index in [1.807, 2.05) is 19.0 Å². The molecule has 0 saturated carbocycles. The minimum absolute atomic E-state index is 0.0362. The third-order valence-electron chi connectivity index (χ3n) is 4.87. The van der Waals surface area contributed by atoms with E-state index in [1.54, 1.807) is 50.4 Å². The second kappa shape index (κ2) is 11.8. The number of halogens is 3. The maximum atomic E-state index is 13.4. The zero-order valence-electron chi connectivity index (χ0n) is 21.6. The Balaban J connectivity index is 1.89. The number of carbonyl (C=O) groups is 2. The zero-order valence-corrected chi connectivity index (χ0v) is 22.4. The number of alkyl halides is 3. The summed E-state index contributed by atoms with van der Waals surface area (Å²) in [5, 5.41) is 4.43. The summed E-state index contributed by atoms with van der Waals surface area (Å²) < 4.78 is 50.7. The number of hydrogen-bond donors (Lipinski definition) is 1. The summed E-state index contributed by atoms with van der Waals surface area (Å²) in [5.74, 6) is 0. The molecule has 0 saturated heterocycles.